The summed E-state index contributed by atoms with van der Waals surface area (Å²) in [6, 6.07) is 0. The quantitative estimate of drug-likeness (QED) is 0.887. The molecular weight excluding hydrogens is 264 g/mol. The van der Waals surface area contributed by atoms with Crippen molar-refractivity contribution in [1.29, 1.82) is 0 Å². The monoisotopic (exact) mass is 286 g/mol. The number of piperidine rings is 1. The summed E-state index contributed by atoms with van der Waals surface area (Å²) < 4.78 is 29.0. The van der Waals surface area contributed by atoms with E-state index in [4.69, 9.17) is 0 Å². The number of nitrogens with zero attached hydrogens (tertiary/aromatic N) is 2. The molecule has 1 aromatic heterocycles. The average molecular weight is 286 g/mol. The lowest BCUT2D eigenvalue weighted by atomic mass is 9.94. The Morgan fingerprint density at radius 2 is 1.84 bits per heavy atom. The number of hydrogen-bond donors (Lipinski definition) is 2. The highest BCUT2D eigenvalue weighted by molar-refractivity contribution is 7.90. The fourth-order valence-corrected chi connectivity index (χ4v) is 4.29. The van der Waals surface area contributed by atoms with Crippen LogP contribution in [-0.4, -0.2) is 36.0 Å². The molecule has 1 aliphatic heterocycles. The van der Waals surface area contributed by atoms with E-state index >= 15 is 0 Å². The van der Waals surface area contributed by atoms with Crippen LogP contribution >= 0.6 is 0 Å². The van der Waals surface area contributed by atoms with Crippen molar-refractivity contribution >= 4 is 15.9 Å². The molecule has 6 nitrogen and oxygen atoms in total. The summed E-state index contributed by atoms with van der Waals surface area (Å²) in [5.41, 5.74) is 1.96. The van der Waals surface area contributed by atoms with Crippen molar-refractivity contribution in [3.05, 3.63) is 11.4 Å². The van der Waals surface area contributed by atoms with Crippen molar-refractivity contribution in [2.45, 2.75) is 34.1 Å². The molecule has 0 aromatic carbocycles. The first-order valence-electron chi connectivity index (χ1n) is 6.59. The number of aryl methyl sites for hydroxylation is 2. The third kappa shape index (κ3) is 3.09. The Morgan fingerprint density at radius 3 is 2.32 bits per heavy atom. The summed E-state index contributed by atoms with van der Waals surface area (Å²) in [5.74, 6) is 0.790. The van der Waals surface area contributed by atoms with Crippen molar-refractivity contribution in [2.75, 3.05) is 17.8 Å². The van der Waals surface area contributed by atoms with Crippen LogP contribution < -0.4 is 4.72 Å². The standard InChI is InChI=1S/C12H22N4O2S/c1-8-5-9(2)7-16(6-8)19(17,18)15-12-10(3)13-14-11(12)4/h8-9,15H,5-7H2,1-4H3,(H,13,14). The van der Waals surface area contributed by atoms with E-state index < -0.39 is 10.2 Å². The summed E-state index contributed by atoms with van der Waals surface area (Å²) in [6.45, 7) is 8.92. The second-order valence-electron chi connectivity index (χ2n) is 5.68. The molecule has 1 saturated heterocycles. The van der Waals surface area contributed by atoms with Crippen molar-refractivity contribution in [3.63, 3.8) is 0 Å². The van der Waals surface area contributed by atoms with Crippen LogP contribution in [0.4, 0.5) is 5.69 Å². The zero-order valence-electron chi connectivity index (χ0n) is 11.9. The van der Waals surface area contributed by atoms with Gasteiger partial charge in [0, 0.05) is 13.1 Å². The highest BCUT2D eigenvalue weighted by Gasteiger charge is 2.31. The van der Waals surface area contributed by atoms with E-state index in [-0.39, 0.29) is 0 Å². The molecule has 0 amide bonds. The van der Waals surface area contributed by atoms with Gasteiger partial charge in [-0.05, 0) is 32.1 Å². The number of aromatic nitrogens is 2. The fraction of sp³-hybridized carbons (Fsp3) is 0.750. The van der Waals surface area contributed by atoms with Gasteiger partial charge in [-0.2, -0.15) is 17.8 Å². The van der Waals surface area contributed by atoms with Crippen molar-refractivity contribution < 1.29 is 8.42 Å². The number of rotatable bonds is 3. The first kappa shape index (κ1) is 14.3. The second-order valence-corrected chi connectivity index (χ2v) is 7.35. The van der Waals surface area contributed by atoms with Gasteiger partial charge in [0.25, 0.3) is 0 Å². The van der Waals surface area contributed by atoms with Gasteiger partial charge in [0.05, 0.1) is 17.1 Å². The van der Waals surface area contributed by atoms with Gasteiger partial charge in [-0.1, -0.05) is 13.8 Å². The number of hydrogen-bond acceptors (Lipinski definition) is 3. The van der Waals surface area contributed by atoms with Crippen molar-refractivity contribution in [2.24, 2.45) is 11.8 Å². The lowest BCUT2D eigenvalue weighted by Crippen LogP contribution is -2.45. The van der Waals surface area contributed by atoms with Crippen LogP contribution in [0.1, 0.15) is 31.7 Å². The molecule has 0 bridgehead atoms. The second kappa shape index (κ2) is 5.13. The first-order valence-corrected chi connectivity index (χ1v) is 8.03. The first-order chi connectivity index (χ1) is 8.79. The Kier molecular flexibility index (Phi) is 3.87. The van der Waals surface area contributed by atoms with Crippen molar-refractivity contribution in [3.8, 4) is 0 Å². The molecule has 1 aromatic rings. The average Bonchev–Trinajstić information content (AvgIpc) is 2.59. The minimum Gasteiger partial charge on any atom is -0.280 e. The Balaban J connectivity index is 2.19. The maximum atomic E-state index is 12.4. The van der Waals surface area contributed by atoms with Gasteiger partial charge in [0.1, 0.15) is 0 Å². The molecule has 0 spiro atoms. The zero-order chi connectivity index (χ0) is 14.2. The summed E-state index contributed by atoms with van der Waals surface area (Å²) in [5, 5.41) is 6.79. The molecule has 1 aliphatic rings. The predicted molar refractivity (Wildman–Crippen MR) is 75.1 cm³/mol. The summed E-state index contributed by atoms with van der Waals surface area (Å²) in [7, 11) is -3.49. The minimum absolute atomic E-state index is 0.395. The number of nitrogens with one attached hydrogen (secondary N) is 2. The third-order valence-corrected chi connectivity index (χ3v) is 4.97. The van der Waals surface area contributed by atoms with Crippen LogP contribution in [0.2, 0.25) is 0 Å². The van der Waals surface area contributed by atoms with Crippen LogP contribution in [0.15, 0.2) is 0 Å². The van der Waals surface area contributed by atoms with E-state index in [0.29, 0.717) is 36.3 Å². The van der Waals surface area contributed by atoms with Crippen LogP contribution in [-0.2, 0) is 10.2 Å². The zero-order valence-corrected chi connectivity index (χ0v) is 12.7. The highest BCUT2D eigenvalue weighted by Crippen LogP contribution is 2.25. The Bertz CT molecular complexity index is 523. The van der Waals surface area contributed by atoms with Gasteiger partial charge in [0.15, 0.2) is 0 Å². The van der Waals surface area contributed by atoms with Gasteiger partial charge >= 0.3 is 10.2 Å². The van der Waals surface area contributed by atoms with E-state index in [9.17, 15) is 8.42 Å². The van der Waals surface area contributed by atoms with Crippen molar-refractivity contribution in [1.82, 2.24) is 14.5 Å². The van der Waals surface area contributed by atoms with E-state index in [1.807, 2.05) is 0 Å². The molecule has 7 heteroatoms. The van der Waals surface area contributed by atoms with Crippen LogP contribution in [0.3, 0.4) is 0 Å². The molecular formula is C12H22N4O2S. The van der Waals surface area contributed by atoms with E-state index in [2.05, 4.69) is 28.8 Å². The lowest BCUT2D eigenvalue weighted by Gasteiger charge is -2.34. The van der Waals surface area contributed by atoms with Gasteiger partial charge < -0.3 is 0 Å². The SMILES string of the molecule is Cc1n[nH]c(C)c1NS(=O)(=O)N1CC(C)CC(C)C1. The van der Waals surface area contributed by atoms with Gasteiger partial charge in [-0.15, -0.1) is 0 Å². The topological polar surface area (TPSA) is 78.1 Å². The molecule has 0 saturated carbocycles. The van der Waals surface area contributed by atoms with Gasteiger partial charge in [-0.25, -0.2) is 0 Å². The van der Waals surface area contributed by atoms with Crippen LogP contribution in [0.25, 0.3) is 0 Å². The Labute approximate surface area is 114 Å². The molecule has 2 atom stereocenters. The Hall–Kier alpha value is -1.08. The molecule has 2 N–H and O–H groups in total. The molecule has 1 fully saturated rings. The number of H-pyrrole nitrogens is 1. The van der Waals surface area contributed by atoms with Crippen LogP contribution in [0, 0.1) is 25.7 Å². The third-order valence-electron chi connectivity index (χ3n) is 3.53. The molecule has 0 aliphatic carbocycles. The van der Waals surface area contributed by atoms with E-state index in [0.717, 1.165) is 12.1 Å². The fourth-order valence-electron chi connectivity index (χ4n) is 2.70. The van der Waals surface area contributed by atoms with Crippen LogP contribution in [0.5, 0.6) is 0 Å². The van der Waals surface area contributed by atoms with E-state index in [1.54, 1.807) is 13.8 Å². The molecule has 0 radical (unpaired) electrons. The predicted octanol–water partition coefficient (Wildman–Crippen LogP) is 1.66. The van der Waals surface area contributed by atoms with E-state index in [1.165, 1.54) is 4.31 Å². The molecule has 108 valence electrons. The Morgan fingerprint density at radius 1 is 1.26 bits per heavy atom. The lowest BCUT2D eigenvalue weighted by molar-refractivity contribution is 0.223. The summed E-state index contributed by atoms with van der Waals surface area (Å²) in [4.78, 5) is 0. The summed E-state index contributed by atoms with van der Waals surface area (Å²) in [6.07, 6.45) is 1.08. The maximum absolute atomic E-state index is 12.4. The maximum Gasteiger partial charge on any atom is 0.301 e. The molecule has 2 unspecified atom stereocenters. The molecule has 2 heterocycles. The normalized spacial score (nSPS) is 25.5. The number of anilines is 1. The smallest absolute Gasteiger partial charge is 0.280 e. The number of aromatic amines is 1. The largest absolute Gasteiger partial charge is 0.301 e. The highest BCUT2D eigenvalue weighted by atomic mass is 32.2. The minimum atomic E-state index is -3.49. The molecule has 19 heavy (non-hydrogen) atoms. The van der Waals surface area contributed by atoms with Gasteiger partial charge in [-0.3, -0.25) is 9.82 Å². The van der Waals surface area contributed by atoms with Gasteiger partial charge in [0.2, 0.25) is 0 Å². The summed E-state index contributed by atoms with van der Waals surface area (Å²) >= 11 is 0. The molecule has 2 rings (SSSR count).